The second-order valence-corrected chi connectivity index (χ2v) is 5.98. The zero-order chi connectivity index (χ0) is 12.4. The van der Waals surface area contributed by atoms with Gasteiger partial charge in [-0.05, 0) is 45.1 Å². The van der Waals surface area contributed by atoms with Crippen molar-refractivity contribution in [1.29, 1.82) is 0 Å². The molecular formula is C15H23N3. The molecular weight excluding hydrogens is 222 g/mol. The summed E-state index contributed by atoms with van der Waals surface area (Å²) in [4.78, 5) is 11.6. The summed E-state index contributed by atoms with van der Waals surface area (Å²) < 4.78 is 0. The van der Waals surface area contributed by atoms with Gasteiger partial charge in [0, 0.05) is 31.4 Å². The Balaban J connectivity index is 1.62. The first-order valence-electron chi connectivity index (χ1n) is 7.32. The third kappa shape index (κ3) is 2.72. The van der Waals surface area contributed by atoms with E-state index in [0.29, 0.717) is 5.92 Å². The van der Waals surface area contributed by atoms with Crippen LogP contribution in [-0.2, 0) is 0 Å². The van der Waals surface area contributed by atoms with E-state index < -0.39 is 0 Å². The topological polar surface area (TPSA) is 29.0 Å². The molecule has 2 aliphatic rings. The normalized spacial score (nSPS) is 25.9. The van der Waals surface area contributed by atoms with Crippen molar-refractivity contribution in [2.75, 3.05) is 19.6 Å². The molecule has 2 fully saturated rings. The van der Waals surface area contributed by atoms with Crippen LogP contribution in [0.25, 0.3) is 0 Å². The minimum absolute atomic E-state index is 0.603. The molecule has 1 saturated carbocycles. The Morgan fingerprint density at radius 1 is 1.22 bits per heavy atom. The molecule has 1 atom stereocenters. The summed E-state index contributed by atoms with van der Waals surface area (Å²) in [6.07, 6.45) is 10.7. The molecule has 0 bridgehead atoms. The number of piperidine rings is 1. The number of rotatable bonds is 3. The van der Waals surface area contributed by atoms with Crippen LogP contribution in [0.4, 0.5) is 0 Å². The smallest absolute Gasteiger partial charge is 0.0633 e. The SMILES string of the molecule is Cc1cncc(C2CCCN(CC3CCC3)C2)n1. The quantitative estimate of drug-likeness (QED) is 0.820. The summed E-state index contributed by atoms with van der Waals surface area (Å²) >= 11 is 0. The molecule has 0 spiro atoms. The molecule has 3 heteroatoms. The van der Waals surface area contributed by atoms with Gasteiger partial charge in [0.1, 0.15) is 0 Å². The lowest BCUT2D eigenvalue weighted by Crippen LogP contribution is -2.39. The lowest BCUT2D eigenvalue weighted by Gasteiger charge is -2.37. The molecule has 1 unspecified atom stereocenters. The van der Waals surface area contributed by atoms with Crippen LogP contribution >= 0.6 is 0 Å². The summed E-state index contributed by atoms with van der Waals surface area (Å²) in [6, 6.07) is 0. The highest BCUT2D eigenvalue weighted by atomic mass is 15.1. The Labute approximate surface area is 110 Å². The van der Waals surface area contributed by atoms with Crippen LogP contribution in [0.1, 0.15) is 49.4 Å². The molecule has 98 valence electrons. The summed E-state index contributed by atoms with van der Waals surface area (Å²) in [6.45, 7) is 5.82. The van der Waals surface area contributed by atoms with E-state index in [9.17, 15) is 0 Å². The van der Waals surface area contributed by atoms with Crippen molar-refractivity contribution < 1.29 is 0 Å². The summed E-state index contributed by atoms with van der Waals surface area (Å²) in [7, 11) is 0. The molecule has 0 N–H and O–H groups in total. The molecule has 3 nitrogen and oxygen atoms in total. The highest BCUT2D eigenvalue weighted by molar-refractivity contribution is 5.09. The van der Waals surface area contributed by atoms with Gasteiger partial charge < -0.3 is 4.90 Å². The molecule has 2 heterocycles. The van der Waals surface area contributed by atoms with Gasteiger partial charge in [-0.1, -0.05) is 6.42 Å². The van der Waals surface area contributed by atoms with E-state index >= 15 is 0 Å². The highest BCUT2D eigenvalue weighted by Gasteiger charge is 2.26. The standard InChI is InChI=1S/C15H23N3/c1-12-8-16-9-15(17-12)14-6-3-7-18(11-14)10-13-4-2-5-13/h8-9,13-14H,2-7,10-11H2,1H3. The van der Waals surface area contributed by atoms with Gasteiger partial charge in [0.05, 0.1) is 11.4 Å². The molecule has 1 saturated heterocycles. The fourth-order valence-electron chi connectivity index (χ4n) is 3.18. The molecule has 1 aliphatic heterocycles. The molecule has 1 aromatic rings. The second kappa shape index (κ2) is 5.35. The monoisotopic (exact) mass is 245 g/mol. The van der Waals surface area contributed by atoms with Crippen LogP contribution in [0.3, 0.4) is 0 Å². The first-order valence-corrected chi connectivity index (χ1v) is 7.32. The fourth-order valence-corrected chi connectivity index (χ4v) is 3.18. The van der Waals surface area contributed by atoms with E-state index in [0.717, 1.165) is 11.6 Å². The van der Waals surface area contributed by atoms with E-state index in [4.69, 9.17) is 0 Å². The highest BCUT2D eigenvalue weighted by Crippen LogP contribution is 2.30. The van der Waals surface area contributed by atoms with Crippen LogP contribution in [-0.4, -0.2) is 34.5 Å². The predicted octanol–water partition coefficient (Wildman–Crippen LogP) is 2.76. The maximum absolute atomic E-state index is 4.66. The second-order valence-electron chi connectivity index (χ2n) is 5.98. The van der Waals surface area contributed by atoms with Gasteiger partial charge in [-0.25, -0.2) is 0 Å². The predicted molar refractivity (Wildman–Crippen MR) is 72.5 cm³/mol. The molecule has 1 aromatic heterocycles. The minimum Gasteiger partial charge on any atom is -0.302 e. The van der Waals surface area contributed by atoms with Gasteiger partial charge >= 0.3 is 0 Å². The van der Waals surface area contributed by atoms with E-state index in [1.54, 1.807) is 0 Å². The van der Waals surface area contributed by atoms with Crippen LogP contribution in [0, 0.1) is 12.8 Å². The molecule has 0 amide bonds. The van der Waals surface area contributed by atoms with Crippen molar-refractivity contribution in [2.24, 2.45) is 5.92 Å². The Kier molecular flexibility index (Phi) is 3.59. The van der Waals surface area contributed by atoms with Crippen molar-refractivity contribution in [1.82, 2.24) is 14.9 Å². The van der Waals surface area contributed by atoms with Gasteiger partial charge in [-0.2, -0.15) is 0 Å². The molecule has 18 heavy (non-hydrogen) atoms. The number of aromatic nitrogens is 2. The van der Waals surface area contributed by atoms with Gasteiger partial charge in [-0.15, -0.1) is 0 Å². The van der Waals surface area contributed by atoms with Crippen LogP contribution in [0.5, 0.6) is 0 Å². The molecule has 0 aromatic carbocycles. The van der Waals surface area contributed by atoms with Crippen molar-refractivity contribution in [2.45, 2.75) is 44.9 Å². The van der Waals surface area contributed by atoms with Crippen molar-refractivity contribution in [3.05, 3.63) is 23.8 Å². The van der Waals surface area contributed by atoms with Crippen LogP contribution < -0.4 is 0 Å². The Morgan fingerprint density at radius 3 is 2.83 bits per heavy atom. The number of hydrogen-bond acceptors (Lipinski definition) is 3. The zero-order valence-corrected chi connectivity index (χ0v) is 11.3. The largest absolute Gasteiger partial charge is 0.302 e. The van der Waals surface area contributed by atoms with Crippen molar-refractivity contribution >= 4 is 0 Å². The summed E-state index contributed by atoms with van der Waals surface area (Å²) in [5.74, 6) is 1.58. The average molecular weight is 245 g/mol. The van der Waals surface area contributed by atoms with E-state index in [1.807, 2.05) is 19.3 Å². The van der Waals surface area contributed by atoms with E-state index in [-0.39, 0.29) is 0 Å². The Hall–Kier alpha value is -0.960. The number of nitrogens with zero attached hydrogens (tertiary/aromatic N) is 3. The van der Waals surface area contributed by atoms with Gasteiger partial charge in [0.2, 0.25) is 0 Å². The van der Waals surface area contributed by atoms with Crippen LogP contribution in [0.2, 0.25) is 0 Å². The van der Waals surface area contributed by atoms with Crippen molar-refractivity contribution in [3.8, 4) is 0 Å². The van der Waals surface area contributed by atoms with Gasteiger partial charge in [-0.3, -0.25) is 9.97 Å². The number of hydrogen-bond donors (Lipinski definition) is 0. The number of likely N-dealkylation sites (tertiary alicyclic amines) is 1. The van der Waals surface area contributed by atoms with E-state index in [1.165, 1.54) is 57.4 Å². The minimum atomic E-state index is 0.603. The third-order valence-corrected chi connectivity index (χ3v) is 4.44. The number of aryl methyl sites for hydroxylation is 1. The Morgan fingerprint density at radius 2 is 2.11 bits per heavy atom. The maximum Gasteiger partial charge on any atom is 0.0633 e. The lowest BCUT2D eigenvalue weighted by molar-refractivity contribution is 0.143. The fraction of sp³-hybridized carbons (Fsp3) is 0.733. The van der Waals surface area contributed by atoms with E-state index in [2.05, 4.69) is 14.9 Å². The summed E-state index contributed by atoms with van der Waals surface area (Å²) in [5.41, 5.74) is 2.25. The van der Waals surface area contributed by atoms with Crippen LogP contribution in [0.15, 0.2) is 12.4 Å². The maximum atomic E-state index is 4.66. The molecule has 0 radical (unpaired) electrons. The van der Waals surface area contributed by atoms with Gasteiger partial charge in [0.15, 0.2) is 0 Å². The lowest BCUT2D eigenvalue weighted by atomic mass is 9.84. The third-order valence-electron chi connectivity index (χ3n) is 4.44. The van der Waals surface area contributed by atoms with Crippen molar-refractivity contribution in [3.63, 3.8) is 0 Å². The molecule has 3 rings (SSSR count). The summed E-state index contributed by atoms with van der Waals surface area (Å²) in [5, 5.41) is 0. The zero-order valence-electron chi connectivity index (χ0n) is 11.3. The average Bonchev–Trinajstić information content (AvgIpc) is 2.34. The molecule has 1 aliphatic carbocycles. The first-order chi connectivity index (χ1) is 8.81. The first kappa shape index (κ1) is 12.1. The van der Waals surface area contributed by atoms with Gasteiger partial charge in [0.25, 0.3) is 0 Å². The Bertz CT molecular complexity index is 400.